The summed E-state index contributed by atoms with van der Waals surface area (Å²) in [5.74, 6) is -1.60. The van der Waals surface area contributed by atoms with Crippen LogP contribution in [0.25, 0.3) is 0 Å². The topological polar surface area (TPSA) is 123 Å². The summed E-state index contributed by atoms with van der Waals surface area (Å²) >= 11 is 0. The summed E-state index contributed by atoms with van der Waals surface area (Å²) in [7, 11) is -1.86. The number of Topliss-reactive ketones (excluding diaryl/α,β-unsaturated/α-hetero) is 1. The van der Waals surface area contributed by atoms with Crippen molar-refractivity contribution in [1.29, 1.82) is 0 Å². The Labute approximate surface area is 191 Å². The van der Waals surface area contributed by atoms with E-state index in [1.54, 1.807) is 18.2 Å². The smallest absolute Gasteiger partial charge is 0.290 e. The average molecular weight is 476 g/mol. The van der Waals surface area contributed by atoms with Crippen molar-refractivity contribution in [3.63, 3.8) is 0 Å². The third kappa shape index (κ3) is 4.22. The second kappa shape index (κ2) is 8.93. The van der Waals surface area contributed by atoms with E-state index in [4.69, 9.17) is 13.9 Å². The molecule has 10 heteroatoms. The van der Waals surface area contributed by atoms with Gasteiger partial charge in [-0.05, 0) is 42.7 Å². The Hall–Kier alpha value is -3.27. The zero-order chi connectivity index (χ0) is 23.8. The summed E-state index contributed by atoms with van der Waals surface area (Å²) in [5, 5.41) is 10.7. The predicted molar refractivity (Wildman–Crippen MR) is 118 cm³/mol. The molecule has 1 saturated heterocycles. The molecule has 1 aromatic carbocycles. The second-order valence-electron chi connectivity index (χ2n) is 8.00. The van der Waals surface area contributed by atoms with Crippen LogP contribution in [0.15, 0.2) is 52.3 Å². The molecule has 9 nitrogen and oxygen atoms in total. The van der Waals surface area contributed by atoms with Crippen LogP contribution < -0.4 is 9.47 Å². The highest BCUT2D eigenvalue weighted by molar-refractivity contribution is 7.91. The van der Waals surface area contributed by atoms with Crippen molar-refractivity contribution in [1.82, 2.24) is 4.90 Å². The van der Waals surface area contributed by atoms with E-state index in [0.29, 0.717) is 23.7 Å². The maximum absolute atomic E-state index is 13.2. The van der Waals surface area contributed by atoms with Gasteiger partial charge in [0.1, 0.15) is 0 Å². The molecule has 176 valence electrons. The molecule has 3 heterocycles. The van der Waals surface area contributed by atoms with Gasteiger partial charge in [-0.1, -0.05) is 13.0 Å². The van der Waals surface area contributed by atoms with Gasteiger partial charge in [0.05, 0.1) is 43.1 Å². The number of aliphatic hydroxyl groups is 1. The molecule has 33 heavy (non-hydrogen) atoms. The third-order valence-electron chi connectivity index (χ3n) is 5.80. The van der Waals surface area contributed by atoms with E-state index in [-0.39, 0.29) is 29.3 Å². The van der Waals surface area contributed by atoms with Gasteiger partial charge < -0.3 is 23.9 Å². The number of benzene rings is 1. The Bertz CT molecular complexity index is 1200. The first kappa shape index (κ1) is 22.9. The van der Waals surface area contributed by atoms with Gasteiger partial charge >= 0.3 is 0 Å². The summed E-state index contributed by atoms with van der Waals surface area (Å²) < 4.78 is 40.6. The lowest BCUT2D eigenvalue weighted by Crippen LogP contribution is -2.41. The minimum Gasteiger partial charge on any atom is -0.503 e. The number of hydrogen-bond acceptors (Lipinski definition) is 8. The van der Waals surface area contributed by atoms with Gasteiger partial charge in [-0.2, -0.15) is 0 Å². The van der Waals surface area contributed by atoms with E-state index in [1.165, 1.54) is 30.4 Å². The van der Waals surface area contributed by atoms with Crippen molar-refractivity contribution in [2.24, 2.45) is 0 Å². The molecule has 2 aromatic rings. The van der Waals surface area contributed by atoms with Crippen molar-refractivity contribution in [3.05, 3.63) is 59.3 Å². The zero-order valence-corrected chi connectivity index (χ0v) is 19.1. The van der Waals surface area contributed by atoms with Gasteiger partial charge in [-0.3, -0.25) is 9.59 Å². The zero-order valence-electron chi connectivity index (χ0n) is 18.3. The number of rotatable bonds is 8. The number of furan rings is 1. The van der Waals surface area contributed by atoms with E-state index >= 15 is 0 Å². The lowest BCUT2D eigenvalue weighted by atomic mass is 9.94. The fourth-order valence-corrected chi connectivity index (χ4v) is 5.99. The van der Waals surface area contributed by atoms with E-state index in [2.05, 4.69) is 0 Å². The summed E-state index contributed by atoms with van der Waals surface area (Å²) in [5.41, 5.74) is 0.316. The maximum Gasteiger partial charge on any atom is 0.290 e. The Balaban J connectivity index is 1.81. The molecule has 0 radical (unpaired) electrons. The van der Waals surface area contributed by atoms with E-state index in [1.807, 2.05) is 6.92 Å². The van der Waals surface area contributed by atoms with E-state index in [9.17, 15) is 23.1 Å². The molecular formula is C23H25NO8S. The second-order valence-corrected chi connectivity index (χ2v) is 10.2. The van der Waals surface area contributed by atoms with Crippen molar-refractivity contribution in [2.45, 2.75) is 31.8 Å². The highest BCUT2D eigenvalue weighted by Crippen LogP contribution is 2.44. The minimum atomic E-state index is -3.33. The molecule has 1 aromatic heterocycles. The predicted octanol–water partition coefficient (Wildman–Crippen LogP) is 2.84. The molecule has 1 amide bonds. The first-order chi connectivity index (χ1) is 15.8. The molecule has 0 aliphatic carbocycles. The van der Waals surface area contributed by atoms with Crippen molar-refractivity contribution in [2.75, 3.05) is 25.2 Å². The number of amides is 1. The van der Waals surface area contributed by atoms with Crippen LogP contribution in [0.1, 0.15) is 41.9 Å². The van der Waals surface area contributed by atoms with Gasteiger partial charge in [0.15, 0.2) is 32.9 Å². The van der Waals surface area contributed by atoms with Crippen LogP contribution in [0.4, 0.5) is 0 Å². The number of sulfone groups is 1. The maximum atomic E-state index is 13.2. The summed E-state index contributed by atoms with van der Waals surface area (Å²) in [4.78, 5) is 27.6. The van der Waals surface area contributed by atoms with E-state index < -0.39 is 39.4 Å². The van der Waals surface area contributed by atoms with Gasteiger partial charge in [0.25, 0.3) is 5.91 Å². The minimum absolute atomic E-state index is 0.0369. The van der Waals surface area contributed by atoms with Crippen LogP contribution in [0.5, 0.6) is 11.5 Å². The van der Waals surface area contributed by atoms with Crippen LogP contribution >= 0.6 is 0 Å². The number of hydrogen-bond donors (Lipinski definition) is 1. The van der Waals surface area contributed by atoms with Crippen molar-refractivity contribution in [3.8, 4) is 11.5 Å². The number of methoxy groups -OCH3 is 1. The summed E-state index contributed by atoms with van der Waals surface area (Å²) in [6.45, 7) is 2.45. The average Bonchev–Trinajstić information content (AvgIpc) is 3.51. The quantitative estimate of drug-likeness (QED) is 0.578. The monoisotopic (exact) mass is 475 g/mol. The van der Waals surface area contributed by atoms with Crippen molar-refractivity contribution >= 4 is 21.5 Å². The lowest BCUT2D eigenvalue weighted by molar-refractivity contribution is -0.131. The van der Waals surface area contributed by atoms with Gasteiger partial charge in [-0.25, -0.2) is 8.42 Å². The molecule has 1 N–H and O–H groups in total. The first-order valence-electron chi connectivity index (χ1n) is 10.6. The van der Waals surface area contributed by atoms with Gasteiger partial charge in [-0.15, -0.1) is 0 Å². The molecule has 2 unspecified atom stereocenters. The molecule has 0 saturated carbocycles. The molecule has 2 aliphatic heterocycles. The molecule has 0 spiro atoms. The van der Waals surface area contributed by atoms with Gasteiger partial charge in [0.2, 0.25) is 5.78 Å². The molecule has 2 aliphatic rings. The number of ether oxygens (including phenoxy) is 2. The number of nitrogens with zero attached hydrogens (tertiary/aromatic N) is 1. The Morgan fingerprint density at radius 3 is 2.67 bits per heavy atom. The van der Waals surface area contributed by atoms with Crippen LogP contribution in [0, 0.1) is 0 Å². The molecular weight excluding hydrogens is 450 g/mol. The van der Waals surface area contributed by atoms with Crippen LogP contribution in [0.2, 0.25) is 0 Å². The molecule has 1 fully saturated rings. The number of aliphatic hydroxyl groups excluding tert-OH is 1. The highest BCUT2D eigenvalue weighted by Gasteiger charge is 2.49. The highest BCUT2D eigenvalue weighted by atomic mass is 32.2. The number of ketones is 1. The fraction of sp³-hybridized carbons (Fsp3) is 0.391. The third-order valence-corrected chi connectivity index (χ3v) is 7.55. The Morgan fingerprint density at radius 1 is 1.27 bits per heavy atom. The molecule has 4 rings (SSSR count). The van der Waals surface area contributed by atoms with Crippen LogP contribution in [0.3, 0.4) is 0 Å². The van der Waals surface area contributed by atoms with Crippen LogP contribution in [-0.2, 0) is 14.6 Å². The van der Waals surface area contributed by atoms with E-state index in [0.717, 1.165) is 6.42 Å². The van der Waals surface area contributed by atoms with Gasteiger partial charge in [0, 0.05) is 6.04 Å². The summed E-state index contributed by atoms with van der Waals surface area (Å²) in [6, 6.07) is 6.25. The summed E-state index contributed by atoms with van der Waals surface area (Å²) in [6.07, 6.45) is 2.33. The molecule has 0 bridgehead atoms. The first-order valence-corrected chi connectivity index (χ1v) is 12.4. The SMILES string of the molecule is CCCOc1ccc(C2C(C(=O)c3ccco3)=C(O)C(=O)N2C2CCS(=O)(=O)C2)cc1OC. The normalized spacial score (nSPS) is 22.1. The number of carbonyl (C=O) groups excluding carboxylic acids is 2. The largest absolute Gasteiger partial charge is 0.503 e. The number of carbonyl (C=O) groups is 2. The standard InChI is InChI=1S/C23H25NO8S/c1-3-9-31-16-7-6-14(12-18(16)30-2)20-19(21(25)17-5-4-10-32-17)22(26)23(27)24(20)15-8-11-33(28,29)13-15/h4-7,10,12,15,20,26H,3,8-9,11,13H2,1-2H3. The van der Waals surface area contributed by atoms with Crippen LogP contribution in [-0.4, -0.2) is 61.4 Å². The lowest BCUT2D eigenvalue weighted by Gasteiger charge is -2.31. The van der Waals surface area contributed by atoms with Crippen molar-refractivity contribution < 1.29 is 37.0 Å². The Kier molecular flexibility index (Phi) is 6.20. The molecule has 2 atom stereocenters. The fourth-order valence-electron chi connectivity index (χ4n) is 4.28. The Morgan fingerprint density at radius 2 is 2.06 bits per heavy atom.